The highest BCUT2D eigenvalue weighted by Gasteiger charge is 2.35. The predicted octanol–water partition coefficient (Wildman–Crippen LogP) is 3.88. The molecule has 17 heteroatoms. The number of benzene rings is 3. The van der Waals surface area contributed by atoms with Gasteiger partial charge in [-0.15, -0.1) is 5.06 Å². The molecule has 1 aliphatic heterocycles. The van der Waals surface area contributed by atoms with E-state index in [1.807, 2.05) is 0 Å². The number of hydrogen-bond donors (Lipinski definition) is 1. The van der Waals surface area contributed by atoms with Gasteiger partial charge in [0.25, 0.3) is 37.9 Å². The van der Waals surface area contributed by atoms with Crippen molar-refractivity contribution in [2.45, 2.75) is 63.3 Å². The van der Waals surface area contributed by atoms with E-state index in [2.05, 4.69) is 0 Å². The van der Waals surface area contributed by atoms with E-state index in [1.54, 1.807) is 60.0 Å². The molecule has 0 saturated carbocycles. The standard InChI is InChI=1S/C36H39N3O12S2/c1-24-9-13-27(14-10-24)53(47,48)38(20-6-4-5-8-34(42)51-39-32(40)17-18-33(39)41)36(43)35-28-22-25(49-2)11-15-30(28)37(19-7-21-52(44,45)46)31-16-12-26(50-3)23-29(31)35/h9-16,22-23H,4-8,17-21H2,1-3H3/p+1. The van der Waals surface area contributed by atoms with Gasteiger partial charge in [0.2, 0.25) is 11.0 Å². The van der Waals surface area contributed by atoms with E-state index < -0.39 is 49.6 Å². The first-order valence-corrected chi connectivity index (χ1v) is 19.9. The minimum Gasteiger partial charge on any atom is -0.497 e. The number of sulfonamides is 1. The molecule has 15 nitrogen and oxygen atoms in total. The number of aromatic nitrogens is 1. The van der Waals surface area contributed by atoms with E-state index in [0.29, 0.717) is 38.4 Å². The van der Waals surface area contributed by atoms with Gasteiger partial charge in [-0.05, 0) is 56.2 Å². The Bertz CT molecular complexity index is 2210. The summed E-state index contributed by atoms with van der Waals surface area (Å²) in [6, 6.07) is 15.9. The van der Waals surface area contributed by atoms with Crippen LogP contribution < -0.4 is 14.0 Å². The normalized spacial score (nSPS) is 13.5. The minimum absolute atomic E-state index is 0.0260. The van der Waals surface area contributed by atoms with Gasteiger partial charge in [-0.3, -0.25) is 18.9 Å². The maximum absolute atomic E-state index is 14.9. The highest BCUT2D eigenvalue weighted by Crippen LogP contribution is 2.33. The molecule has 4 aromatic rings. The maximum atomic E-state index is 14.9. The Morgan fingerprint density at radius 3 is 1.91 bits per heavy atom. The number of methoxy groups -OCH3 is 2. The number of unbranched alkanes of at least 4 members (excludes halogenated alkanes) is 2. The second-order valence-electron chi connectivity index (χ2n) is 12.5. The lowest BCUT2D eigenvalue weighted by Gasteiger charge is -2.24. The zero-order chi connectivity index (χ0) is 38.5. The topological polar surface area (TPSA) is 195 Å². The number of nitrogens with zero attached hydrogens (tertiary/aromatic N) is 3. The summed E-state index contributed by atoms with van der Waals surface area (Å²) in [5.74, 6) is -2.60. The van der Waals surface area contributed by atoms with Crippen molar-refractivity contribution in [1.29, 1.82) is 0 Å². The van der Waals surface area contributed by atoms with Crippen LogP contribution in [0, 0.1) is 6.92 Å². The van der Waals surface area contributed by atoms with E-state index in [1.165, 1.54) is 26.4 Å². The van der Waals surface area contributed by atoms with Crippen LogP contribution in [0.1, 0.15) is 60.9 Å². The number of imide groups is 1. The molecule has 0 aliphatic carbocycles. The van der Waals surface area contributed by atoms with Crippen LogP contribution in [-0.2, 0) is 45.9 Å². The molecule has 282 valence electrons. The Kier molecular flexibility index (Phi) is 12.0. The van der Waals surface area contributed by atoms with Gasteiger partial charge in [0, 0.05) is 44.4 Å². The quantitative estimate of drug-likeness (QED) is 0.0569. The lowest BCUT2D eigenvalue weighted by atomic mass is 10.00. The van der Waals surface area contributed by atoms with Crippen LogP contribution in [0.2, 0.25) is 0 Å². The number of carbonyl (C=O) groups excluding carboxylic acids is 4. The molecule has 1 aromatic heterocycles. The Morgan fingerprint density at radius 2 is 1.38 bits per heavy atom. The van der Waals surface area contributed by atoms with Crippen molar-refractivity contribution < 1.29 is 59.4 Å². The molecule has 3 amide bonds. The number of ether oxygens (including phenoxy) is 2. The van der Waals surface area contributed by atoms with E-state index in [0.717, 1.165) is 9.87 Å². The van der Waals surface area contributed by atoms with Gasteiger partial charge in [-0.1, -0.05) is 24.1 Å². The second kappa shape index (κ2) is 16.3. The first kappa shape index (κ1) is 39.1. The minimum atomic E-state index is -4.46. The zero-order valence-electron chi connectivity index (χ0n) is 29.4. The number of rotatable bonds is 16. The fourth-order valence-corrected chi connectivity index (χ4v) is 8.01. The molecule has 0 spiro atoms. The molecule has 1 fully saturated rings. The average Bonchev–Trinajstić information content (AvgIpc) is 3.43. The number of amides is 3. The molecule has 1 N–H and O–H groups in total. The number of hydroxylamine groups is 2. The number of aryl methyl sites for hydroxylation is 2. The van der Waals surface area contributed by atoms with Gasteiger partial charge in [-0.25, -0.2) is 17.5 Å². The van der Waals surface area contributed by atoms with Crippen molar-refractivity contribution in [1.82, 2.24) is 9.37 Å². The largest absolute Gasteiger partial charge is 0.497 e. The van der Waals surface area contributed by atoms with Crippen LogP contribution in [0.3, 0.4) is 0 Å². The smallest absolute Gasteiger partial charge is 0.333 e. The van der Waals surface area contributed by atoms with Gasteiger partial charge in [-0.2, -0.15) is 13.0 Å². The molecule has 0 unspecified atom stereocenters. The molecular formula is C36H40N3O12S2+. The monoisotopic (exact) mass is 770 g/mol. The van der Waals surface area contributed by atoms with Crippen LogP contribution in [0.15, 0.2) is 65.6 Å². The summed E-state index contributed by atoms with van der Waals surface area (Å²) in [4.78, 5) is 55.7. The second-order valence-corrected chi connectivity index (χ2v) is 15.9. The third-order valence-corrected chi connectivity index (χ3v) is 11.4. The van der Waals surface area contributed by atoms with Gasteiger partial charge < -0.3 is 14.3 Å². The van der Waals surface area contributed by atoms with Crippen molar-refractivity contribution in [3.63, 3.8) is 0 Å². The Morgan fingerprint density at radius 1 is 0.811 bits per heavy atom. The third-order valence-electron chi connectivity index (χ3n) is 8.80. The summed E-state index contributed by atoms with van der Waals surface area (Å²) >= 11 is 0. The van der Waals surface area contributed by atoms with Crippen LogP contribution in [0.25, 0.3) is 21.8 Å². The summed E-state index contributed by atoms with van der Waals surface area (Å²) in [6.07, 6.45) is 0.464. The molecule has 2 heterocycles. The average molecular weight is 771 g/mol. The lowest BCUT2D eigenvalue weighted by molar-refractivity contribution is -0.645. The van der Waals surface area contributed by atoms with Gasteiger partial charge in [0.15, 0.2) is 6.54 Å². The number of pyridine rings is 1. The third kappa shape index (κ3) is 8.92. The summed E-state index contributed by atoms with van der Waals surface area (Å²) in [5, 5.41) is 1.10. The molecule has 1 aliphatic rings. The van der Waals surface area contributed by atoms with E-state index >= 15 is 0 Å². The Balaban J connectivity index is 1.55. The number of hydrogen-bond acceptors (Lipinski definition) is 11. The molecule has 5 rings (SSSR count). The van der Waals surface area contributed by atoms with Crippen LogP contribution in [0.5, 0.6) is 11.5 Å². The number of carbonyl (C=O) groups is 4. The SMILES string of the molecule is COc1ccc2c(c1)c(C(=O)N(CCCCCC(=O)ON1C(=O)CCC1=O)S(=O)(=O)c1ccc(C)cc1)c1cc(OC)ccc1[n+]2CCCS(=O)(=O)O. The summed E-state index contributed by atoms with van der Waals surface area (Å²) in [7, 11) is -5.84. The number of fused-ring (bicyclic) bond motifs is 2. The van der Waals surface area contributed by atoms with Crippen molar-refractivity contribution in [2.24, 2.45) is 0 Å². The highest BCUT2D eigenvalue weighted by molar-refractivity contribution is 7.89. The first-order valence-electron chi connectivity index (χ1n) is 16.8. The Hall–Kier alpha value is -5.13. The van der Waals surface area contributed by atoms with Crippen molar-refractivity contribution in [3.8, 4) is 11.5 Å². The van der Waals surface area contributed by atoms with Crippen molar-refractivity contribution in [3.05, 3.63) is 71.8 Å². The summed E-state index contributed by atoms with van der Waals surface area (Å²) in [6.45, 7) is 1.65. The van der Waals surface area contributed by atoms with E-state index in [-0.39, 0.29) is 68.5 Å². The Labute approximate surface area is 306 Å². The van der Waals surface area contributed by atoms with E-state index in [9.17, 15) is 40.6 Å². The van der Waals surface area contributed by atoms with Crippen LogP contribution in [-0.4, -0.2) is 81.0 Å². The van der Waals surface area contributed by atoms with Crippen LogP contribution >= 0.6 is 0 Å². The molecule has 0 atom stereocenters. The van der Waals surface area contributed by atoms with E-state index in [4.69, 9.17) is 14.3 Å². The molecule has 0 bridgehead atoms. The molecule has 53 heavy (non-hydrogen) atoms. The zero-order valence-corrected chi connectivity index (χ0v) is 31.1. The summed E-state index contributed by atoms with van der Waals surface area (Å²) < 4.78 is 74.8. The maximum Gasteiger partial charge on any atom is 0.333 e. The molecule has 1 saturated heterocycles. The van der Waals surface area contributed by atoms with Crippen LogP contribution in [0.4, 0.5) is 0 Å². The molecular weight excluding hydrogens is 731 g/mol. The molecule has 0 radical (unpaired) electrons. The fraction of sp³-hybridized carbons (Fsp3) is 0.361. The first-order chi connectivity index (χ1) is 25.1. The van der Waals surface area contributed by atoms with Crippen molar-refractivity contribution in [2.75, 3.05) is 26.5 Å². The van der Waals surface area contributed by atoms with Gasteiger partial charge >= 0.3 is 5.97 Å². The highest BCUT2D eigenvalue weighted by atomic mass is 32.2. The van der Waals surface area contributed by atoms with Gasteiger partial charge in [0.1, 0.15) is 11.5 Å². The van der Waals surface area contributed by atoms with Crippen molar-refractivity contribution >= 4 is 65.6 Å². The molecule has 3 aromatic carbocycles. The lowest BCUT2D eigenvalue weighted by Crippen LogP contribution is -2.40. The predicted molar refractivity (Wildman–Crippen MR) is 191 cm³/mol. The summed E-state index contributed by atoms with van der Waals surface area (Å²) in [5.41, 5.74) is 1.79. The fourth-order valence-electron chi connectivity index (χ4n) is 6.11. The van der Waals surface area contributed by atoms with Gasteiger partial charge in [0.05, 0.1) is 41.2 Å².